The van der Waals surface area contributed by atoms with Crippen molar-refractivity contribution in [1.29, 1.82) is 0 Å². The molecule has 1 heterocycles. The average Bonchev–Trinajstić information content (AvgIpc) is 2.46. The quantitative estimate of drug-likeness (QED) is 0.740. The second-order valence-electron chi connectivity index (χ2n) is 4.38. The van der Waals surface area contributed by atoms with Crippen LogP contribution in [0.3, 0.4) is 0 Å². The number of carbonyl (C=O) groups is 1. The Bertz CT molecular complexity index is 675. The van der Waals surface area contributed by atoms with E-state index in [1.54, 1.807) is 0 Å². The largest absolute Gasteiger partial charge is 0.488 e. The molecule has 0 saturated heterocycles. The zero-order valence-electron chi connectivity index (χ0n) is 11.0. The molecular formula is C13H10BF3N2O3. The number of nitrogens with one attached hydrogen (secondary N) is 1. The third-order valence-electron chi connectivity index (χ3n) is 2.80. The van der Waals surface area contributed by atoms with Gasteiger partial charge in [0.1, 0.15) is 5.82 Å². The topological polar surface area (TPSA) is 82.5 Å². The van der Waals surface area contributed by atoms with Crippen molar-refractivity contribution < 1.29 is 28.0 Å². The number of benzene rings is 1. The molecule has 114 valence electrons. The summed E-state index contributed by atoms with van der Waals surface area (Å²) in [4.78, 5) is 15.6. The van der Waals surface area contributed by atoms with E-state index >= 15 is 0 Å². The highest BCUT2D eigenvalue weighted by Crippen LogP contribution is 2.29. The van der Waals surface area contributed by atoms with Gasteiger partial charge in [0.2, 0.25) is 0 Å². The highest BCUT2D eigenvalue weighted by Gasteiger charge is 2.30. The summed E-state index contributed by atoms with van der Waals surface area (Å²) >= 11 is 0. The molecule has 0 saturated carbocycles. The molecule has 0 atom stereocenters. The van der Waals surface area contributed by atoms with E-state index in [9.17, 15) is 18.0 Å². The minimum absolute atomic E-state index is 0.142. The molecular weight excluding hydrogens is 300 g/mol. The Hall–Kier alpha value is -2.39. The van der Waals surface area contributed by atoms with Gasteiger partial charge in [0, 0.05) is 11.8 Å². The van der Waals surface area contributed by atoms with E-state index in [2.05, 4.69) is 10.3 Å². The SMILES string of the molecule is O=C(Nc1cc(C(F)(F)F)ccn1)c1ccc(B(O)O)cc1. The molecule has 0 aliphatic carbocycles. The molecule has 0 aliphatic heterocycles. The number of halogens is 3. The van der Waals surface area contributed by atoms with Gasteiger partial charge < -0.3 is 15.4 Å². The number of hydrogen-bond donors (Lipinski definition) is 3. The zero-order chi connectivity index (χ0) is 16.3. The lowest BCUT2D eigenvalue weighted by Gasteiger charge is -2.09. The Balaban J connectivity index is 2.15. The number of anilines is 1. The summed E-state index contributed by atoms with van der Waals surface area (Å²) in [5.41, 5.74) is -0.589. The lowest BCUT2D eigenvalue weighted by molar-refractivity contribution is -0.137. The third kappa shape index (κ3) is 3.83. The fraction of sp³-hybridized carbons (Fsp3) is 0.0769. The highest BCUT2D eigenvalue weighted by molar-refractivity contribution is 6.58. The maximum atomic E-state index is 12.6. The molecule has 0 bridgehead atoms. The standard InChI is InChI=1S/C13H10BF3N2O3/c15-13(16,17)9-5-6-18-11(7-9)19-12(20)8-1-3-10(4-2-8)14(21)22/h1-7,21-22H,(H,18,19,20). The van der Waals surface area contributed by atoms with Crippen LogP contribution in [-0.4, -0.2) is 28.1 Å². The molecule has 22 heavy (non-hydrogen) atoms. The Morgan fingerprint density at radius 2 is 1.77 bits per heavy atom. The van der Waals surface area contributed by atoms with Crippen molar-refractivity contribution in [1.82, 2.24) is 4.98 Å². The molecule has 1 aromatic heterocycles. The van der Waals surface area contributed by atoms with Crippen LogP contribution in [0.25, 0.3) is 0 Å². The lowest BCUT2D eigenvalue weighted by Crippen LogP contribution is -2.29. The Labute approximate surface area is 123 Å². The van der Waals surface area contributed by atoms with Crippen molar-refractivity contribution in [3.8, 4) is 0 Å². The van der Waals surface area contributed by atoms with Crippen LogP contribution in [0.2, 0.25) is 0 Å². The zero-order valence-corrected chi connectivity index (χ0v) is 11.0. The fourth-order valence-corrected chi connectivity index (χ4v) is 1.67. The minimum atomic E-state index is -4.53. The maximum Gasteiger partial charge on any atom is 0.488 e. The van der Waals surface area contributed by atoms with Gasteiger partial charge in [-0.05, 0) is 29.7 Å². The van der Waals surface area contributed by atoms with Gasteiger partial charge in [-0.25, -0.2) is 4.98 Å². The summed E-state index contributed by atoms with van der Waals surface area (Å²) in [5, 5.41) is 20.1. The van der Waals surface area contributed by atoms with E-state index in [4.69, 9.17) is 10.0 Å². The molecule has 2 rings (SSSR count). The summed E-state index contributed by atoms with van der Waals surface area (Å²) in [6.45, 7) is 0. The second kappa shape index (κ2) is 6.16. The molecule has 2 aromatic rings. The van der Waals surface area contributed by atoms with E-state index in [0.717, 1.165) is 18.3 Å². The van der Waals surface area contributed by atoms with Crippen LogP contribution >= 0.6 is 0 Å². The van der Waals surface area contributed by atoms with Gasteiger partial charge in [-0.15, -0.1) is 0 Å². The number of alkyl halides is 3. The van der Waals surface area contributed by atoms with Crippen LogP contribution in [0.1, 0.15) is 15.9 Å². The smallest absolute Gasteiger partial charge is 0.423 e. The number of aromatic nitrogens is 1. The van der Waals surface area contributed by atoms with E-state index in [1.165, 1.54) is 24.3 Å². The van der Waals surface area contributed by atoms with Crippen molar-refractivity contribution in [2.24, 2.45) is 0 Å². The van der Waals surface area contributed by atoms with Crippen molar-refractivity contribution in [2.75, 3.05) is 5.32 Å². The Morgan fingerprint density at radius 1 is 1.14 bits per heavy atom. The van der Waals surface area contributed by atoms with Crippen molar-refractivity contribution in [3.05, 3.63) is 53.7 Å². The van der Waals surface area contributed by atoms with Crippen LogP contribution in [0, 0.1) is 0 Å². The molecule has 3 N–H and O–H groups in total. The molecule has 5 nitrogen and oxygen atoms in total. The first kappa shape index (κ1) is 16.0. The predicted octanol–water partition coefficient (Wildman–Crippen LogP) is 1.03. The van der Waals surface area contributed by atoms with Gasteiger partial charge in [-0.3, -0.25) is 4.79 Å². The summed E-state index contributed by atoms with van der Waals surface area (Å²) in [6, 6.07) is 6.80. The molecule has 0 aliphatic rings. The monoisotopic (exact) mass is 310 g/mol. The molecule has 0 spiro atoms. The number of nitrogens with zero attached hydrogens (tertiary/aromatic N) is 1. The Morgan fingerprint density at radius 3 is 2.32 bits per heavy atom. The van der Waals surface area contributed by atoms with Crippen LogP contribution < -0.4 is 10.8 Å². The van der Waals surface area contributed by atoms with Crippen LogP contribution in [-0.2, 0) is 6.18 Å². The first-order valence-electron chi connectivity index (χ1n) is 6.08. The van der Waals surface area contributed by atoms with Gasteiger partial charge in [0.05, 0.1) is 5.56 Å². The molecule has 0 radical (unpaired) electrons. The summed E-state index contributed by atoms with van der Waals surface area (Å²) in [6.07, 6.45) is -3.58. The van der Waals surface area contributed by atoms with E-state index in [0.29, 0.717) is 0 Å². The molecule has 1 amide bonds. The predicted molar refractivity (Wildman–Crippen MR) is 73.5 cm³/mol. The molecule has 0 unspecified atom stereocenters. The number of pyridine rings is 1. The number of carbonyl (C=O) groups excluding carboxylic acids is 1. The highest BCUT2D eigenvalue weighted by atomic mass is 19.4. The number of hydrogen-bond acceptors (Lipinski definition) is 4. The third-order valence-corrected chi connectivity index (χ3v) is 2.80. The van der Waals surface area contributed by atoms with Crippen LogP contribution in [0.4, 0.5) is 19.0 Å². The van der Waals surface area contributed by atoms with Crippen molar-refractivity contribution >= 4 is 24.3 Å². The maximum absolute atomic E-state index is 12.6. The Kier molecular flexibility index (Phi) is 4.48. The van der Waals surface area contributed by atoms with E-state index in [1.807, 2.05) is 0 Å². The molecule has 9 heteroatoms. The van der Waals surface area contributed by atoms with Gasteiger partial charge >= 0.3 is 13.3 Å². The lowest BCUT2D eigenvalue weighted by atomic mass is 9.80. The fourth-order valence-electron chi connectivity index (χ4n) is 1.67. The van der Waals surface area contributed by atoms with Gasteiger partial charge in [-0.1, -0.05) is 12.1 Å². The average molecular weight is 310 g/mol. The molecule has 0 fully saturated rings. The van der Waals surface area contributed by atoms with Crippen molar-refractivity contribution in [3.63, 3.8) is 0 Å². The van der Waals surface area contributed by atoms with Crippen LogP contribution in [0.15, 0.2) is 42.6 Å². The summed E-state index contributed by atoms with van der Waals surface area (Å²) < 4.78 is 37.7. The van der Waals surface area contributed by atoms with Crippen molar-refractivity contribution in [2.45, 2.75) is 6.18 Å². The number of rotatable bonds is 3. The number of amides is 1. The first-order valence-corrected chi connectivity index (χ1v) is 6.08. The molecule has 1 aromatic carbocycles. The first-order chi connectivity index (χ1) is 10.3. The normalized spacial score (nSPS) is 11.1. The van der Waals surface area contributed by atoms with Crippen LogP contribution in [0.5, 0.6) is 0 Å². The second-order valence-corrected chi connectivity index (χ2v) is 4.38. The van der Waals surface area contributed by atoms with Gasteiger partial charge in [-0.2, -0.15) is 13.2 Å². The summed E-state index contributed by atoms with van der Waals surface area (Å²) in [7, 11) is -1.66. The summed E-state index contributed by atoms with van der Waals surface area (Å²) in [5.74, 6) is -0.892. The minimum Gasteiger partial charge on any atom is -0.423 e. The van der Waals surface area contributed by atoms with E-state index < -0.39 is 24.8 Å². The van der Waals surface area contributed by atoms with E-state index in [-0.39, 0.29) is 16.8 Å². The van der Waals surface area contributed by atoms with Gasteiger partial charge in [0.15, 0.2) is 0 Å². The van der Waals surface area contributed by atoms with Gasteiger partial charge in [0.25, 0.3) is 5.91 Å².